The van der Waals surface area contributed by atoms with Gasteiger partial charge in [0.2, 0.25) is 5.91 Å². The van der Waals surface area contributed by atoms with E-state index in [0.29, 0.717) is 11.2 Å². The highest BCUT2D eigenvalue weighted by Gasteiger charge is 2.30. The van der Waals surface area contributed by atoms with E-state index in [1.807, 2.05) is 54.6 Å². The second-order valence-corrected chi connectivity index (χ2v) is 8.07. The topological polar surface area (TPSA) is 120 Å². The lowest BCUT2D eigenvalue weighted by atomic mass is 10.0. The number of amides is 2. The molecule has 0 unspecified atom stereocenters. The van der Waals surface area contributed by atoms with Crippen molar-refractivity contribution >= 4 is 29.0 Å². The van der Waals surface area contributed by atoms with Crippen LogP contribution in [0.1, 0.15) is 25.1 Å². The van der Waals surface area contributed by atoms with Gasteiger partial charge in [0.15, 0.2) is 0 Å². The molecule has 2 N–H and O–H groups in total. The van der Waals surface area contributed by atoms with E-state index in [4.69, 9.17) is 9.47 Å². The van der Waals surface area contributed by atoms with E-state index in [9.17, 15) is 14.4 Å². The molecule has 0 saturated heterocycles. The van der Waals surface area contributed by atoms with E-state index >= 15 is 0 Å². The Hall–Kier alpha value is -4.01. The summed E-state index contributed by atoms with van der Waals surface area (Å²) in [7, 11) is 1.24. The third-order valence-electron chi connectivity index (χ3n) is 5.15. The van der Waals surface area contributed by atoms with Crippen molar-refractivity contribution in [3.63, 3.8) is 0 Å². The minimum atomic E-state index is -1.00. The third kappa shape index (κ3) is 6.74. The van der Waals surface area contributed by atoms with Gasteiger partial charge in [-0.1, -0.05) is 56.3 Å². The number of methoxy groups -OCH3 is 1. The van der Waals surface area contributed by atoms with Crippen LogP contribution in [0.2, 0.25) is 0 Å². The number of carbonyl (C=O) groups is 3. The van der Waals surface area contributed by atoms with E-state index in [0.717, 1.165) is 11.1 Å². The number of para-hydroxylation sites is 2. The Morgan fingerprint density at radius 2 is 1.62 bits per heavy atom. The standard InChI is InChI=1S/C25H28N4O5/c1-16(2)22(29-25(32)34-15-17-9-5-4-6-10-17)23(30)28-21(24(31)33-3)13-18-14-26-19-11-7-8-12-20(19)27-18/h4-12,14,16,21-22H,13,15H2,1-3H3,(H,28,30)(H,29,32)/t21-,22-/m0/s1. The summed E-state index contributed by atoms with van der Waals surface area (Å²) in [5.74, 6) is -1.42. The molecule has 2 atom stereocenters. The number of benzene rings is 2. The summed E-state index contributed by atoms with van der Waals surface area (Å²) in [4.78, 5) is 46.6. The van der Waals surface area contributed by atoms with Crippen molar-refractivity contribution in [2.75, 3.05) is 7.11 Å². The molecule has 3 aromatic rings. The summed E-state index contributed by atoms with van der Waals surface area (Å²) in [6.45, 7) is 3.64. The van der Waals surface area contributed by atoms with E-state index in [-0.39, 0.29) is 18.9 Å². The molecule has 178 valence electrons. The van der Waals surface area contributed by atoms with Crippen molar-refractivity contribution in [2.45, 2.75) is 39.0 Å². The fraction of sp³-hybridized carbons (Fsp3) is 0.320. The summed E-state index contributed by atoms with van der Waals surface area (Å²) >= 11 is 0. The number of aromatic nitrogens is 2. The lowest BCUT2D eigenvalue weighted by molar-refractivity contribution is -0.145. The maximum absolute atomic E-state index is 13.0. The van der Waals surface area contributed by atoms with Gasteiger partial charge in [-0.05, 0) is 23.6 Å². The largest absolute Gasteiger partial charge is 0.467 e. The summed E-state index contributed by atoms with van der Waals surface area (Å²) in [6, 6.07) is 14.6. The first-order chi connectivity index (χ1) is 16.4. The number of nitrogens with one attached hydrogen (secondary N) is 2. The summed E-state index contributed by atoms with van der Waals surface area (Å²) < 4.78 is 10.1. The van der Waals surface area contributed by atoms with Crippen LogP contribution in [0.4, 0.5) is 4.79 Å². The molecule has 0 aliphatic carbocycles. The highest BCUT2D eigenvalue weighted by Crippen LogP contribution is 2.11. The summed E-state index contributed by atoms with van der Waals surface area (Å²) in [5.41, 5.74) is 2.75. The van der Waals surface area contributed by atoms with Crippen LogP contribution < -0.4 is 10.6 Å². The van der Waals surface area contributed by atoms with Gasteiger partial charge in [0.1, 0.15) is 18.7 Å². The first-order valence-corrected chi connectivity index (χ1v) is 10.9. The van der Waals surface area contributed by atoms with Gasteiger partial charge < -0.3 is 20.1 Å². The number of alkyl carbamates (subject to hydrolysis) is 1. The normalized spacial score (nSPS) is 12.6. The zero-order valence-corrected chi connectivity index (χ0v) is 19.4. The van der Waals surface area contributed by atoms with Gasteiger partial charge in [-0.25, -0.2) is 14.6 Å². The van der Waals surface area contributed by atoms with Crippen LogP contribution in [0.25, 0.3) is 11.0 Å². The van der Waals surface area contributed by atoms with Crippen molar-refractivity contribution in [1.29, 1.82) is 0 Å². The van der Waals surface area contributed by atoms with Crippen LogP contribution in [0.5, 0.6) is 0 Å². The highest BCUT2D eigenvalue weighted by atomic mass is 16.5. The Morgan fingerprint density at radius 1 is 0.941 bits per heavy atom. The van der Waals surface area contributed by atoms with Crippen LogP contribution in [-0.4, -0.2) is 47.1 Å². The number of rotatable bonds is 9. The van der Waals surface area contributed by atoms with Gasteiger partial charge in [0, 0.05) is 12.6 Å². The Kier molecular flexibility index (Phi) is 8.50. The molecular formula is C25H28N4O5. The molecule has 3 rings (SSSR count). The molecule has 34 heavy (non-hydrogen) atoms. The van der Waals surface area contributed by atoms with Gasteiger partial charge in [-0.2, -0.15) is 0 Å². The molecular weight excluding hydrogens is 436 g/mol. The molecule has 9 nitrogen and oxygen atoms in total. The number of hydrogen-bond donors (Lipinski definition) is 2. The van der Waals surface area contributed by atoms with E-state index in [2.05, 4.69) is 20.6 Å². The van der Waals surface area contributed by atoms with E-state index in [1.165, 1.54) is 7.11 Å². The fourth-order valence-electron chi connectivity index (χ4n) is 3.33. The molecule has 9 heteroatoms. The average molecular weight is 465 g/mol. The van der Waals surface area contributed by atoms with E-state index < -0.39 is 30.1 Å². The third-order valence-corrected chi connectivity index (χ3v) is 5.15. The number of fused-ring (bicyclic) bond motifs is 1. The van der Waals surface area contributed by atoms with Crippen molar-refractivity contribution in [3.05, 3.63) is 72.1 Å². The smallest absolute Gasteiger partial charge is 0.408 e. The fourth-order valence-corrected chi connectivity index (χ4v) is 3.33. The second kappa shape index (κ2) is 11.7. The zero-order chi connectivity index (χ0) is 24.5. The Labute approximate surface area is 197 Å². The van der Waals surface area contributed by atoms with Gasteiger partial charge in [0.25, 0.3) is 0 Å². The number of nitrogens with zero attached hydrogens (tertiary/aromatic N) is 2. The maximum atomic E-state index is 13.0. The van der Waals surface area contributed by atoms with Crippen molar-refractivity contribution in [3.8, 4) is 0 Å². The summed E-state index contributed by atoms with van der Waals surface area (Å²) in [5, 5.41) is 5.26. The SMILES string of the molecule is COC(=O)[C@H](Cc1cnc2ccccc2n1)NC(=O)[C@@H](NC(=O)OCc1ccccc1)C(C)C. The van der Waals surface area contributed by atoms with Gasteiger partial charge in [0.05, 0.1) is 23.8 Å². The minimum Gasteiger partial charge on any atom is -0.467 e. The molecule has 0 aliphatic rings. The number of ether oxygens (including phenoxy) is 2. The lowest BCUT2D eigenvalue weighted by Gasteiger charge is -2.24. The van der Waals surface area contributed by atoms with Crippen molar-refractivity contribution in [2.24, 2.45) is 5.92 Å². The first kappa shape index (κ1) is 24.6. The predicted molar refractivity (Wildman–Crippen MR) is 126 cm³/mol. The molecule has 0 spiro atoms. The van der Waals surface area contributed by atoms with Crippen molar-refractivity contribution in [1.82, 2.24) is 20.6 Å². The number of carbonyl (C=O) groups excluding carboxylic acids is 3. The minimum absolute atomic E-state index is 0.0739. The molecule has 0 bridgehead atoms. The maximum Gasteiger partial charge on any atom is 0.408 e. The average Bonchev–Trinajstić information content (AvgIpc) is 2.85. The lowest BCUT2D eigenvalue weighted by Crippen LogP contribution is -2.54. The molecule has 2 aromatic carbocycles. The van der Waals surface area contributed by atoms with Gasteiger partial charge in [-0.3, -0.25) is 9.78 Å². The molecule has 0 radical (unpaired) electrons. The number of hydrogen-bond acceptors (Lipinski definition) is 7. The van der Waals surface area contributed by atoms with Crippen molar-refractivity contribution < 1.29 is 23.9 Å². The predicted octanol–water partition coefficient (Wildman–Crippen LogP) is 2.78. The van der Waals surface area contributed by atoms with E-state index in [1.54, 1.807) is 20.0 Å². The highest BCUT2D eigenvalue weighted by molar-refractivity contribution is 5.90. The Bertz CT molecular complexity index is 1140. The number of esters is 1. The molecule has 0 saturated carbocycles. The quantitative estimate of drug-likeness (QED) is 0.467. The summed E-state index contributed by atoms with van der Waals surface area (Å²) in [6.07, 6.45) is 0.913. The Morgan fingerprint density at radius 3 is 2.29 bits per heavy atom. The van der Waals surface area contributed by atoms with Crippen LogP contribution in [0.3, 0.4) is 0 Å². The zero-order valence-electron chi connectivity index (χ0n) is 19.4. The van der Waals surface area contributed by atoms with Crippen LogP contribution in [0.15, 0.2) is 60.8 Å². The molecule has 0 fully saturated rings. The second-order valence-electron chi connectivity index (χ2n) is 8.07. The molecule has 0 aliphatic heterocycles. The molecule has 1 heterocycles. The molecule has 2 amide bonds. The monoisotopic (exact) mass is 464 g/mol. The van der Waals surface area contributed by atoms with Crippen LogP contribution in [-0.2, 0) is 32.1 Å². The first-order valence-electron chi connectivity index (χ1n) is 10.9. The Balaban J connectivity index is 1.66. The van der Waals surface area contributed by atoms with Crippen LogP contribution in [0, 0.1) is 5.92 Å². The van der Waals surface area contributed by atoms with Crippen LogP contribution >= 0.6 is 0 Å². The van der Waals surface area contributed by atoms with Gasteiger partial charge in [-0.15, -0.1) is 0 Å². The van der Waals surface area contributed by atoms with Gasteiger partial charge >= 0.3 is 12.1 Å². The molecule has 1 aromatic heterocycles.